The van der Waals surface area contributed by atoms with Crippen LogP contribution in [0.2, 0.25) is 0 Å². The summed E-state index contributed by atoms with van der Waals surface area (Å²) in [5, 5.41) is 3.42. The first kappa shape index (κ1) is 17.2. The smallest absolute Gasteiger partial charge is 0.0615 e. The summed E-state index contributed by atoms with van der Waals surface area (Å²) in [6.45, 7) is 6.16. The first-order valence-corrected chi connectivity index (χ1v) is 7.57. The zero-order valence-corrected chi connectivity index (χ0v) is 13.6. The van der Waals surface area contributed by atoms with E-state index in [9.17, 15) is 0 Å². The lowest BCUT2D eigenvalue weighted by Gasteiger charge is -2.29. The Balaban J connectivity index is 2.65. The van der Waals surface area contributed by atoms with E-state index in [-0.39, 0.29) is 0 Å². The summed E-state index contributed by atoms with van der Waals surface area (Å²) in [5.41, 5.74) is 2.77. The molecule has 1 N–H and O–H groups in total. The molecule has 1 aromatic carbocycles. The van der Waals surface area contributed by atoms with E-state index >= 15 is 0 Å². The molecular formula is C17H30N2O. The molecule has 1 rings (SSSR count). The van der Waals surface area contributed by atoms with Crippen molar-refractivity contribution >= 4 is 0 Å². The lowest BCUT2D eigenvalue weighted by Crippen LogP contribution is -2.38. The number of hydrogen-bond donors (Lipinski definition) is 1. The molecule has 0 aromatic heterocycles. The van der Waals surface area contributed by atoms with Gasteiger partial charge in [-0.15, -0.1) is 0 Å². The Morgan fingerprint density at radius 3 is 2.40 bits per heavy atom. The van der Waals surface area contributed by atoms with E-state index < -0.39 is 0 Å². The highest BCUT2D eigenvalue weighted by Gasteiger charge is 2.15. The molecule has 0 saturated heterocycles. The number of rotatable bonds is 9. The number of benzene rings is 1. The van der Waals surface area contributed by atoms with Crippen LogP contribution in [-0.4, -0.2) is 45.3 Å². The van der Waals surface area contributed by atoms with Crippen LogP contribution >= 0.6 is 0 Å². The Hall–Kier alpha value is -0.900. The minimum Gasteiger partial charge on any atom is -0.383 e. The number of likely N-dealkylation sites (N-methyl/N-ethyl adjacent to an activating group) is 2. The summed E-state index contributed by atoms with van der Waals surface area (Å²) in [6.07, 6.45) is 2.36. The predicted octanol–water partition coefficient (Wildman–Crippen LogP) is 2.87. The fourth-order valence-electron chi connectivity index (χ4n) is 2.41. The van der Waals surface area contributed by atoms with E-state index in [4.69, 9.17) is 4.74 Å². The molecule has 0 aliphatic carbocycles. The van der Waals surface area contributed by atoms with Crippen LogP contribution in [0.3, 0.4) is 0 Å². The molecule has 0 aliphatic rings. The van der Waals surface area contributed by atoms with Crippen molar-refractivity contribution in [1.82, 2.24) is 10.2 Å². The average molecular weight is 278 g/mol. The topological polar surface area (TPSA) is 24.5 Å². The van der Waals surface area contributed by atoms with Crippen molar-refractivity contribution in [3.8, 4) is 0 Å². The molecule has 2 atom stereocenters. The maximum Gasteiger partial charge on any atom is 0.0615 e. The number of methoxy groups -OCH3 is 1. The Bertz CT molecular complexity index is 364. The molecule has 1 aromatic rings. The molecule has 0 saturated carbocycles. The standard InChI is InChI=1S/C17H30N2O/c1-6-7-15-8-10-16(11-9-15)17(18-3)12-19(4)14(2)13-20-5/h8-11,14,17-18H,6-7,12-13H2,1-5H3. The van der Waals surface area contributed by atoms with E-state index in [1.807, 2.05) is 7.05 Å². The first-order chi connectivity index (χ1) is 9.62. The van der Waals surface area contributed by atoms with Gasteiger partial charge in [-0.05, 0) is 38.6 Å². The van der Waals surface area contributed by atoms with Crippen molar-refractivity contribution in [3.63, 3.8) is 0 Å². The number of nitrogens with one attached hydrogen (secondary N) is 1. The minimum absolute atomic E-state index is 0.356. The number of hydrogen-bond acceptors (Lipinski definition) is 3. The quantitative estimate of drug-likeness (QED) is 0.752. The van der Waals surface area contributed by atoms with Crippen LogP contribution in [0.1, 0.15) is 37.4 Å². The van der Waals surface area contributed by atoms with Crippen LogP contribution in [-0.2, 0) is 11.2 Å². The molecule has 0 aliphatic heterocycles. The van der Waals surface area contributed by atoms with E-state index in [0.29, 0.717) is 12.1 Å². The normalized spacial score (nSPS) is 14.5. The Labute approximate surface area is 124 Å². The van der Waals surface area contributed by atoms with Crippen molar-refractivity contribution in [2.75, 3.05) is 34.4 Å². The highest BCUT2D eigenvalue weighted by Crippen LogP contribution is 2.16. The molecule has 0 fully saturated rings. The molecule has 0 radical (unpaired) electrons. The Morgan fingerprint density at radius 1 is 1.25 bits per heavy atom. The predicted molar refractivity (Wildman–Crippen MR) is 86.2 cm³/mol. The van der Waals surface area contributed by atoms with Crippen LogP contribution in [0.4, 0.5) is 0 Å². The minimum atomic E-state index is 0.356. The van der Waals surface area contributed by atoms with Gasteiger partial charge in [0.2, 0.25) is 0 Å². The van der Waals surface area contributed by atoms with Crippen LogP contribution in [0.15, 0.2) is 24.3 Å². The van der Waals surface area contributed by atoms with Gasteiger partial charge in [-0.2, -0.15) is 0 Å². The van der Waals surface area contributed by atoms with Gasteiger partial charge in [0, 0.05) is 25.7 Å². The van der Waals surface area contributed by atoms with Gasteiger partial charge in [-0.25, -0.2) is 0 Å². The van der Waals surface area contributed by atoms with Gasteiger partial charge in [-0.1, -0.05) is 37.6 Å². The molecule has 20 heavy (non-hydrogen) atoms. The zero-order valence-electron chi connectivity index (χ0n) is 13.6. The highest BCUT2D eigenvalue weighted by atomic mass is 16.5. The van der Waals surface area contributed by atoms with Crippen molar-refractivity contribution in [3.05, 3.63) is 35.4 Å². The van der Waals surface area contributed by atoms with Crippen LogP contribution in [0, 0.1) is 0 Å². The highest BCUT2D eigenvalue weighted by molar-refractivity contribution is 5.25. The molecule has 0 amide bonds. The summed E-state index contributed by atoms with van der Waals surface area (Å²) in [7, 11) is 5.94. The summed E-state index contributed by atoms with van der Waals surface area (Å²) >= 11 is 0. The fraction of sp³-hybridized carbons (Fsp3) is 0.647. The lowest BCUT2D eigenvalue weighted by atomic mass is 10.0. The molecule has 0 heterocycles. The molecule has 0 bridgehead atoms. The van der Waals surface area contributed by atoms with Crippen molar-refractivity contribution in [1.29, 1.82) is 0 Å². The Morgan fingerprint density at radius 2 is 1.90 bits per heavy atom. The second-order valence-electron chi connectivity index (χ2n) is 5.58. The number of ether oxygens (including phenoxy) is 1. The third-order valence-electron chi connectivity index (χ3n) is 3.90. The fourth-order valence-corrected chi connectivity index (χ4v) is 2.41. The molecule has 114 valence electrons. The van der Waals surface area contributed by atoms with E-state index in [2.05, 4.69) is 55.4 Å². The SMILES string of the molecule is CCCc1ccc(C(CN(C)C(C)COC)NC)cc1. The van der Waals surface area contributed by atoms with Gasteiger partial charge in [0.25, 0.3) is 0 Å². The van der Waals surface area contributed by atoms with Gasteiger partial charge in [0.05, 0.1) is 6.61 Å². The summed E-state index contributed by atoms with van der Waals surface area (Å²) in [6, 6.07) is 9.79. The maximum absolute atomic E-state index is 5.23. The van der Waals surface area contributed by atoms with E-state index in [0.717, 1.165) is 19.6 Å². The molecular weight excluding hydrogens is 248 g/mol. The zero-order chi connectivity index (χ0) is 15.0. The third-order valence-corrected chi connectivity index (χ3v) is 3.90. The number of aryl methyl sites for hydroxylation is 1. The summed E-state index contributed by atoms with van der Waals surface area (Å²) in [5.74, 6) is 0. The van der Waals surface area contributed by atoms with Crippen molar-refractivity contribution in [2.24, 2.45) is 0 Å². The summed E-state index contributed by atoms with van der Waals surface area (Å²) in [4.78, 5) is 2.34. The summed E-state index contributed by atoms with van der Waals surface area (Å²) < 4.78 is 5.23. The second kappa shape index (κ2) is 9.11. The van der Waals surface area contributed by atoms with Crippen LogP contribution in [0.25, 0.3) is 0 Å². The van der Waals surface area contributed by atoms with Gasteiger partial charge >= 0.3 is 0 Å². The average Bonchev–Trinajstić information content (AvgIpc) is 2.46. The second-order valence-corrected chi connectivity index (χ2v) is 5.58. The van der Waals surface area contributed by atoms with Gasteiger partial charge in [-0.3, -0.25) is 4.90 Å². The van der Waals surface area contributed by atoms with Crippen LogP contribution < -0.4 is 5.32 Å². The lowest BCUT2D eigenvalue weighted by molar-refractivity contribution is 0.110. The maximum atomic E-state index is 5.23. The van der Waals surface area contributed by atoms with E-state index in [1.54, 1.807) is 7.11 Å². The first-order valence-electron chi connectivity index (χ1n) is 7.57. The third kappa shape index (κ3) is 5.23. The van der Waals surface area contributed by atoms with E-state index in [1.165, 1.54) is 17.5 Å². The van der Waals surface area contributed by atoms with Crippen molar-refractivity contribution in [2.45, 2.75) is 38.8 Å². The van der Waals surface area contributed by atoms with Gasteiger partial charge < -0.3 is 10.1 Å². The number of nitrogens with zero attached hydrogens (tertiary/aromatic N) is 1. The van der Waals surface area contributed by atoms with Gasteiger partial charge in [0.15, 0.2) is 0 Å². The monoisotopic (exact) mass is 278 g/mol. The largest absolute Gasteiger partial charge is 0.383 e. The molecule has 0 spiro atoms. The van der Waals surface area contributed by atoms with Crippen LogP contribution in [0.5, 0.6) is 0 Å². The molecule has 2 unspecified atom stereocenters. The molecule has 3 nitrogen and oxygen atoms in total. The van der Waals surface area contributed by atoms with Gasteiger partial charge in [0.1, 0.15) is 0 Å². The Kier molecular flexibility index (Phi) is 7.82. The van der Waals surface area contributed by atoms with Crippen molar-refractivity contribution < 1.29 is 4.74 Å². The molecule has 3 heteroatoms.